The maximum Gasteiger partial charge on any atom is 0.275 e. The lowest BCUT2D eigenvalue weighted by Crippen LogP contribution is -2.14. The normalized spacial score (nSPS) is 10.3. The van der Waals surface area contributed by atoms with Crippen molar-refractivity contribution in [2.24, 2.45) is 0 Å². The Morgan fingerprint density at radius 2 is 1.74 bits per heavy atom. The van der Waals surface area contributed by atoms with Crippen LogP contribution in [0.25, 0.3) is 11.3 Å². The van der Waals surface area contributed by atoms with Crippen LogP contribution in [-0.2, 0) is 0 Å². The van der Waals surface area contributed by atoms with Gasteiger partial charge in [-0.05, 0) is 42.5 Å². The predicted octanol–water partition coefficient (Wildman–Crippen LogP) is 4.70. The van der Waals surface area contributed by atoms with Gasteiger partial charge in [0.25, 0.3) is 5.91 Å². The summed E-state index contributed by atoms with van der Waals surface area (Å²) in [6.07, 6.45) is 1.60. The second-order valence-electron chi connectivity index (χ2n) is 4.74. The van der Waals surface area contributed by atoms with E-state index in [0.29, 0.717) is 21.6 Å². The fourth-order valence-electron chi connectivity index (χ4n) is 2.04. The fourth-order valence-corrected chi connectivity index (χ4v) is 2.57. The first-order valence-corrected chi connectivity index (χ1v) is 7.53. The van der Waals surface area contributed by atoms with Crippen molar-refractivity contribution in [2.45, 2.75) is 0 Å². The molecule has 6 heteroatoms. The molecule has 4 nitrogen and oxygen atoms in total. The zero-order valence-electron chi connectivity index (χ0n) is 11.8. The van der Waals surface area contributed by atoms with Gasteiger partial charge in [-0.3, -0.25) is 4.79 Å². The Labute approximate surface area is 143 Å². The number of carbonyl (C=O) groups is 1. The molecule has 0 aliphatic rings. The Kier molecular flexibility index (Phi) is 4.55. The van der Waals surface area contributed by atoms with Gasteiger partial charge in [0.1, 0.15) is 11.5 Å². The van der Waals surface area contributed by atoms with Crippen LogP contribution in [0.5, 0.6) is 0 Å². The van der Waals surface area contributed by atoms with Gasteiger partial charge in [-0.2, -0.15) is 0 Å². The first-order chi connectivity index (χ1) is 11.1. The Balaban J connectivity index is 1.89. The maximum atomic E-state index is 12.3. The standard InChI is InChI=1S/C17H11Cl2N3O/c18-12-8-11(9-13(19)10-12)14-4-3-5-15(21-14)17(23)22-16-6-1-2-7-20-16/h1-10H,(H,20,22,23). The molecule has 1 aromatic carbocycles. The highest BCUT2D eigenvalue weighted by Crippen LogP contribution is 2.26. The molecule has 23 heavy (non-hydrogen) atoms. The first kappa shape index (κ1) is 15.5. The third-order valence-electron chi connectivity index (χ3n) is 3.05. The zero-order valence-corrected chi connectivity index (χ0v) is 13.3. The fraction of sp³-hybridized carbons (Fsp3) is 0. The minimum Gasteiger partial charge on any atom is -0.305 e. The number of hydrogen-bond acceptors (Lipinski definition) is 3. The van der Waals surface area contributed by atoms with Crippen molar-refractivity contribution in [1.82, 2.24) is 9.97 Å². The highest BCUT2D eigenvalue weighted by Gasteiger charge is 2.10. The van der Waals surface area contributed by atoms with Crippen molar-refractivity contribution < 1.29 is 4.79 Å². The maximum absolute atomic E-state index is 12.3. The van der Waals surface area contributed by atoms with Crippen LogP contribution in [0.1, 0.15) is 10.5 Å². The lowest BCUT2D eigenvalue weighted by molar-refractivity contribution is 0.102. The molecule has 0 radical (unpaired) electrons. The van der Waals surface area contributed by atoms with Crippen LogP contribution < -0.4 is 5.32 Å². The summed E-state index contributed by atoms with van der Waals surface area (Å²) < 4.78 is 0. The molecular formula is C17H11Cl2N3O. The van der Waals surface area contributed by atoms with Crippen LogP contribution in [0.15, 0.2) is 60.8 Å². The average Bonchev–Trinajstić information content (AvgIpc) is 2.55. The molecular weight excluding hydrogens is 333 g/mol. The largest absolute Gasteiger partial charge is 0.305 e. The van der Waals surface area contributed by atoms with Gasteiger partial charge in [0, 0.05) is 21.8 Å². The molecule has 0 unspecified atom stereocenters. The molecule has 0 atom stereocenters. The summed E-state index contributed by atoms with van der Waals surface area (Å²) in [5.74, 6) is 0.133. The molecule has 3 aromatic rings. The highest BCUT2D eigenvalue weighted by molar-refractivity contribution is 6.35. The Bertz CT molecular complexity index is 833. The number of amides is 1. The first-order valence-electron chi connectivity index (χ1n) is 6.78. The summed E-state index contributed by atoms with van der Waals surface area (Å²) in [7, 11) is 0. The van der Waals surface area contributed by atoms with Crippen LogP contribution in [0, 0.1) is 0 Å². The molecule has 0 aliphatic carbocycles. The van der Waals surface area contributed by atoms with Crippen molar-refractivity contribution >= 4 is 34.9 Å². The molecule has 2 heterocycles. The molecule has 1 N–H and O–H groups in total. The van der Waals surface area contributed by atoms with Gasteiger partial charge >= 0.3 is 0 Å². The zero-order chi connectivity index (χ0) is 16.2. The SMILES string of the molecule is O=C(Nc1ccccn1)c1cccc(-c2cc(Cl)cc(Cl)c2)n1. The molecule has 0 bridgehead atoms. The van der Waals surface area contributed by atoms with Crippen molar-refractivity contribution in [2.75, 3.05) is 5.32 Å². The van der Waals surface area contributed by atoms with Crippen molar-refractivity contribution in [3.05, 3.63) is 76.5 Å². The third kappa shape index (κ3) is 3.86. The summed E-state index contributed by atoms with van der Waals surface area (Å²) in [5.41, 5.74) is 1.64. The summed E-state index contributed by atoms with van der Waals surface area (Å²) in [5, 5.41) is 3.72. The van der Waals surface area contributed by atoms with E-state index in [-0.39, 0.29) is 11.6 Å². The number of rotatable bonds is 3. The smallest absolute Gasteiger partial charge is 0.275 e. The van der Waals surface area contributed by atoms with Gasteiger partial charge in [-0.1, -0.05) is 35.3 Å². The molecule has 114 valence electrons. The van der Waals surface area contributed by atoms with Crippen LogP contribution in [-0.4, -0.2) is 15.9 Å². The summed E-state index contributed by atoms with van der Waals surface area (Å²) in [6, 6.07) is 15.6. The number of carbonyl (C=O) groups excluding carboxylic acids is 1. The van der Waals surface area contributed by atoms with Crippen LogP contribution in [0.2, 0.25) is 10.0 Å². The van der Waals surface area contributed by atoms with E-state index < -0.39 is 0 Å². The minimum atomic E-state index is -0.335. The predicted molar refractivity (Wildman–Crippen MR) is 91.9 cm³/mol. The van der Waals surface area contributed by atoms with Gasteiger partial charge in [0.05, 0.1) is 5.69 Å². The van der Waals surface area contributed by atoms with E-state index >= 15 is 0 Å². The molecule has 0 saturated heterocycles. The van der Waals surface area contributed by atoms with Gasteiger partial charge in [0.2, 0.25) is 0 Å². The summed E-state index contributed by atoms with van der Waals surface area (Å²) in [6.45, 7) is 0. The van der Waals surface area contributed by atoms with E-state index in [1.165, 1.54) is 0 Å². The number of hydrogen-bond donors (Lipinski definition) is 1. The van der Waals surface area contributed by atoms with Crippen molar-refractivity contribution in [3.63, 3.8) is 0 Å². The van der Waals surface area contributed by atoms with E-state index in [4.69, 9.17) is 23.2 Å². The molecule has 3 rings (SSSR count). The molecule has 0 fully saturated rings. The van der Waals surface area contributed by atoms with Crippen LogP contribution >= 0.6 is 23.2 Å². The number of benzene rings is 1. The third-order valence-corrected chi connectivity index (χ3v) is 3.48. The van der Waals surface area contributed by atoms with E-state index in [1.54, 1.807) is 60.8 Å². The number of nitrogens with one attached hydrogen (secondary N) is 1. The second kappa shape index (κ2) is 6.77. The lowest BCUT2D eigenvalue weighted by Gasteiger charge is -2.06. The van der Waals surface area contributed by atoms with Gasteiger partial charge in [-0.15, -0.1) is 0 Å². The number of aromatic nitrogens is 2. The molecule has 0 aliphatic heterocycles. The van der Waals surface area contributed by atoms with Crippen LogP contribution in [0.3, 0.4) is 0 Å². The van der Waals surface area contributed by atoms with Crippen molar-refractivity contribution in [1.29, 1.82) is 0 Å². The van der Waals surface area contributed by atoms with E-state index in [0.717, 1.165) is 5.56 Å². The highest BCUT2D eigenvalue weighted by atomic mass is 35.5. The minimum absolute atomic E-state index is 0.282. The van der Waals surface area contributed by atoms with E-state index in [1.807, 2.05) is 0 Å². The van der Waals surface area contributed by atoms with E-state index in [9.17, 15) is 4.79 Å². The van der Waals surface area contributed by atoms with Gasteiger partial charge < -0.3 is 5.32 Å². The van der Waals surface area contributed by atoms with Crippen molar-refractivity contribution in [3.8, 4) is 11.3 Å². The molecule has 0 saturated carbocycles. The summed E-state index contributed by atoms with van der Waals surface area (Å²) in [4.78, 5) is 20.7. The topological polar surface area (TPSA) is 54.9 Å². The quantitative estimate of drug-likeness (QED) is 0.749. The van der Waals surface area contributed by atoms with Gasteiger partial charge in [-0.25, -0.2) is 9.97 Å². The second-order valence-corrected chi connectivity index (χ2v) is 5.61. The van der Waals surface area contributed by atoms with E-state index in [2.05, 4.69) is 15.3 Å². The number of anilines is 1. The Morgan fingerprint density at radius 3 is 2.43 bits per heavy atom. The Hall–Kier alpha value is -2.43. The van der Waals surface area contributed by atoms with Crippen LogP contribution in [0.4, 0.5) is 5.82 Å². The monoisotopic (exact) mass is 343 g/mol. The summed E-state index contributed by atoms with van der Waals surface area (Å²) >= 11 is 12.0. The van der Waals surface area contributed by atoms with Gasteiger partial charge in [0.15, 0.2) is 0 Å². The number of halogens is 2. The lowest BCUT2D eigenvalue weighted by atomic mass is 10.1. The molecule has 2 aromatic heterocycles. The molecule has 1 amide bonds. The Morgan fingerprint density at radius 1 is 0.957 bits per heavy atom. The average molecular weight is 344 g/mol. The number of pyridine rings is 2. The number of nitrogens with zero attached hydrogens (tertiary/aromatic N) is 2. The molecule has 0 spiro atoms.